The van der Waals surface area contributed by atoms with Crippen LogP contribution >= 0.6 is 7.80 Å². The van der Waals surface area contributed by atoms with E-state index in [2.05, 4.69) is 0 Å². The Kier molecular flexibility index (Phi) is 3.45. The van der Waals surface area contributed by atoms with Crippen molar-refractivity contribution in [2.75, 3.05) is 0 Å². The van der Waals surface area contributed by atoms with Gasteiger partial charge in [0, 0.05) is 17.2 Å². The first-order valence-electron chi connectivity index (χ1n) is 5.13. The molecule has 0 saturated carbocycles. The monoisotopic (exact) mass is 230 g/mol. The van der Waals surface area contributed by atoms with Crippen molar-refractivity contribution in [3.05, 3.63) is 60.2 Å². The number of hydrogen-bond acceptors (Lipinski definition) is 2. The second-order valence-corrected chi connectivity index (χ2v) is 5.05. The first kappa shape index (κ1) is 11.0. The summed E-state index contributed by atoms with van der Waals surface area (Å²) in [5.74, 6) is 0. The first-order valence-corrected chi connectivity index (χ1v) is 6.39. The highest BCUT2D eigenvalue weighted by Gasteiger charge is 2.10. The molecule has 1 radical (unpaired) electrons. The van der Waals surface area contributed by atoms with Gasteiger partial charge >= 0.3 is 0 Å². The lowest BCUT2D eigenvalue weighted by Gasteiger charge is -2.06. The zero-order chi connectivity index (χ0) is 11.4. The quantitative estimate of drug-likeness (QED) is 0.818. The lowest BCUT2D eigenvalue weighted by atomic mass is 10.2. The van der Waals surface area contributed by atoms with E-state index in [4.69, 9.17) is 5.73 Å². The maximum atomic E-state index is 12.3. The van der Waals surface area contributed by atoms with E-state index in [1.54, 1.807) is 0 Å². The Labute approximate surface area is 95.9 Å². The van der Waals surface area contributed by atoms with Crippen LogP contribution in [0.15, 0.2) is 54.6 Å². The summed E-state index contributed by atoms with van der Waals surface area (Å²) < 4.78 is 12.3. The van der Waals surface area contributed by atoms with Gasteiger partial charge in [0.25, 0.3) is 0 Å². The van der Waals surface area contributed by atoms with E-state index in [0.717, 1.165) is 16.2 Å². The van der Waals surface area contributed by atoms with E-state index >= 15 is 0 Å². The fraction of sp³-hybridized carbons (Fsp3) is 0.0769. The minimum atomic E-state index is -1.53. The third-order valence-corrected chi connectivity index (χ3v) is 4.06. The van der Waals surface area contributed by atoms with Crippen molar-refractivity contribution in [1.82, 2.24) is 0 Å². The zero-order valence-corrected chi connectivity index (χ0v) is 9.73. The number of nitrogens with two attached hydrogens (primary N) is 1. The molecular weight excluding hydrogens is 217 g/mol. The third kappa shape index (κ3) is 2.19. The smallest absolute Gasteiger partial charge is 0.136 e. The highest BCUT2D eigenvalue weighted by Crippen LogP contribution is 2.21. The van der Waals surface area contributed by atoms with Gasteiger partial charge in [-0.3, -0.25) is 4.57 Å². The molecule has 81 valence electrons. The van der Waals surface area contributed by atoms with Gasteiger partial charge in [0.1, 0.15) is 7.80 Å². The summed E-state index contributed by atoms with van der Waals surface area (Å²) in [4.78, 5) is 0. The van der Waals surface area contributed by atoms with Crippen molar-refractivity contribution in [2.24, 2.45) is 5.73 Å². The summed E-state index contributed by atoms with van der Waals surface area (Å²) in [6.45, 7) is 0.421. The van der Waals surface area contributed by atoms with Crippen LogP contribution in [0.3, 0.4) is 0 Å². The van der Waals surface area contributed by atoms with Crippen LogP contribution in [0, 0.1) is 0 Å². The van der Waals surface area contributed by atoms with Gasteiger partial charge in [-0.25, -0.2) is 0 Å². The molecule has 0 saturated heterocycles. The topological polar surface area (TPSA) is 43.1 Å². The molecule has 2 N–H and O–H groups in total. The molecule has 1 atom stereocenters. The Morgan fingerprint density at radius 3 is 2.25 bits per heavy atom. The predicted molar refractivity (Wildman–Crippen MR) is 67.6 cm³/mol. The molecule has 0 bridgehead atoms. The molecule has 0 spiro atoms. The molecule has 0 amide bonds. The largest absolute Gasteiger partial charge is 0.326 e. The van der Waals surface area contributed by atoms with E-state index in [0.29, 0.717) is 6.54 Å². The molecule has 1 unspecified atom stereocenters. The Balaban J connectivity index is 2.42. The molecule has 0 aliphatic heterocycles. The van der Waals surface area contributed by atoms with Gasteiger partial charge in [-0.1, -0.05) is 36.4 Å². The predicted octanol–water partition coefficient (Wildman–Crippen LogP) is 1.92. The molecular formula is C13H13NOP. The zero-order valence-electron chi connectivity index (χ0n) is 8.84. The normalized spacial score (nSPS) is 11.2. The van der Waals surface area contributed by atoms with Crippen molar-refractivity contribution >= 4 is 18.4 Å². The van der Waals surface area contributed by atoms with E-state index in [-0.39, 0.29) is 0 Å². The standard InChI is InChI=1S/C13H13NOP/c14-10-11-6-4-5-9-13(11)16(15)12-7-2-1-3-8-12/h1-9H,10,14H2. The molecule has 16 heavy (non-hydrogen) atoms. The average Bonchev–Trinajstić information content (AvgIpc) is 2.39. The molecule has 2 rings (SSSR count). The van der Waals surface area contributed by atoms with Gasteiger partial charge in [0.2, 0.25) is 0 Å². The second kappa shape index (κ2) is 5.02. The second-order valence-electron chi connectivity index (χ2n) is 3.46. The third-order valence-electron chi connectivity index (χ3n) is 2.42. The highest BCUT2D eigenvalue weighted by molar-refractivity contribution is 7.61. The minimum Gasteiger partial charge on any atom is -0.326 e. The Morgan fingerprint density at radius 1 is 0.938 bits per heavy atom. The SMILES string of the molecule is NCc1ccccc1[P](=O)c1ccccc1. The van der Waals surface area contributed by atoms with Gasteiger partial charge in [0.15, 0.2) is 0 Å². The maximum absolute atomic E-state index is 12.3. The molecule has 0 aliphatic rings. The van der Waals surface area contributed by atoms with E-state index in [1.165, 1.54) is 0 Å². The summed E-state index contributed by atoms with van der Waals surface area (Å²) in [6.07, 6.45) is 0. The average molecular weight is 230 g/mol. The molecule has 0 aromatic heterocycles. The van der Waals surface area contributed by atoms with Crippen molar-refractivity contribution in [3.63, 3.8) is 0 Å². The van der Waals surface area contributed by atoms with E-state index < -0.39 is 7.80 Å². The highest BCUT2D eigenvalue weighted by atomic mass is 31.1. The molecule has 0 heterocycles. The summed E-state index contributed by atoms with van der Waals surface area (Å²) in [7, 11) is -1.53. The number of benzene rings is 2. The first-order chi connectivity index (χ1) is 7.83. The lowest BCUT2D eigenvalue weighted by molar-refractivity contribution is 0.598. The van der Waals surface area contributed by atoms with Crippen LogP contribution < -0.4 is 16.3 Å². The van der Waals surface area contributed by atoms with E-state index in [9.17, 15) is 4.57 Å². The molecule has 2 aromatic carbocycles. The van der Waals surface area contributed by atoms with Crippen LogP contribution in [-0.4, -0.2) is 0 Å². The maximum Gasteiger partial charge on any atom is 0.136 e. The Hall–Kier alpha value is -1.50. The fourth-order valence-corrected chi connectivity index (χ4v) is 2.95. The lowest BCUT2D eigenvalue weighted by Crippen LogP contribution is -2.14. The van der Waals surface area contributed by atoms with Gasteiger partial charge in [-0.2, -0.15) is 0 Å². The molecule has 2 aromatic rings. The van der Waals surface area contributed by atoms with Gasteiger partial charge in [0.05, 0.1) is 0 Å². The molecule has 3 heteroatoms. The summed E-state index contributed by atoms with van der Waals surface area (Å²) >= 11 is 0. The fourth-order valence-electron chi connectivity index (χ4n) is 1.58. The van der Waals surface area contributed by atoms with Crippen LogP contribution in [0.25, 0.3) is 0 Å². The molecule has 0 fully saturated rings. The van der Waals surface area contributed by atoms with Gasteiger partial charge in [-0.05, 0) is 23.8 Å². The van der Waals surface area contributed by atoms with Crippen molar-refractivity contribution in [1.29, 1.82) is 0 Å². The molecule has 2 nitrogen and oxygen atoms in total. The van der Waals surface area contributed by atoms with Gasteiger partial charge in [-0.15, -0.1) is 0 Å². The van der Waals surface area contributed by atoms with Crippen molar-refractivity contribution in [3.8, 4) is 0 Å². The van der Waals surface area contributed by atoms with Crippen LogP contribution in [0.4, 0.5) is 0 Å². The number of rotatable bonds is 3. The molecule has 0 aliphatic carbocycles. The Morgan fingerprint density at radius 2 is 1.56 bits per heavy atom. The minimum absolute atomic E-state index is 0.421. The van der Waals surface area contributed by atoms with Crippen molar-refractivity contribution in [2.45, 2.75) is 6.54 Å². The van der Waals surface area contributed by atoms with Crippen LogP contribution in [0.2, 0.25) is 0 Å². The van der Waals surface area contributed by atoms with Crippen LogP contribution in [0.5, 0.6) is 0 Å². The van der Waals surface area contributed by atoms with Crippen molar-refractivity contribution < 1.29 is 4.57 Å². The summed E-state index contributed by atoms with van der Waals surface area (Å²) in [5.41, 5.74) is 6.59. The summed E-state index contributed by atoms with van der Waals surface area (Å²) in [5, 5.41) is 1.68. The summed E-state index contributed by atoms with van der Waals surface area (Å²) in [6, 6.07) is 17.1. The number of hydrogen-bond donors (Lipinski definition) is 1. The van der Waals surface area contributed by atoms with E-state index in [1.807, 2.05) is 54.6 Å². The van der Waals surface area contributed by atoms with Gasteiger partial charge < -0.3 is 5.73 Å². The van der Waals surface area contributed by atoms with Crippen LogP contribution in [0.1, 0.15) is 5.56 Å². The van der Waals surface area contributed by atoms with Crippen LogP contribution in [-0.2, 0) is 11.1 Å². The Bertz CT molecular complexity index is 496.